The van der Waals surface area contributed by atoms with E-state index in [0.717, 1.165) is 12.8 Å². The number of rotatable bonds is 15. The van der Waals surface area contributed by atoms with Crippen molar-refractivity contribution in [2.45, 2.75) is 104 Å². The number of unbranched alkanes of at least 4 members (excludes halogenated alkanes) is 5. The molecule has 1 unspecified atom stereocenters. The summed E-state index contributed by atoms with van der Waals surface area (Å²) < 4.78 is 35.3. The van der Waals surface area contributed by atoms with Crippen molar-refractivity contribution in [3.05, 3.63) is 11.8 Å². The number of carbonyl (C=O) groups excluding carboxylic acids is 1. The Morgan fingerprint density at radius 2 is 1.53 bits per heavy atom. The molecule has 0 saturated heterocycles. The maximum Gasteiger partial charge on any atom is 0.345 e. The van der Waals surface area contributed by atoms with Crippen LogP contribution in [0.1, 0.15) is 91.8 Å². The van der Waals surface area contributed by atoms with Gasteiger partial charge in [0.25, 0.3) is 0 Å². The fraction of sp³-hybridized carbons (Fsp3) is 0.857. The first kappa shape index (κ1) is 26.8. The van der Waals surface area contributed by atoms with Crippen LogP contribution in [-0.2, 0) is 36.0 Å². The van der Waals surface area contributed by atoms with Gasteiger partial charge in [0, 0.05) is 6.42 Å². The largest absolute Gasteiger partial charge is 0.459 e. The van der Waals surface area contributed by atoms with Crippen molar-refractivity contribution in [1.29, 1.82) is 0 Å². The van der Waals surface area contributed by atoms with Gasteiger partial charge in [-0.25, -0.2) is 0 Å². The molecule has 174 valence electrons. The molecule has 0 N–H and O–H groups in total. The van der Waals surface area contributed by atoms with E-state index in [2.05, 4.69) is 17.1 Å². The summed E-state index contributed by atoms with van der Waals surface area (Å²) in [6.07, 6.45) is 7.63. The standard InChI is InChI=1S/C21H39N2O6P/c1-7-10-11-12-13-14-15-18-22-23-19(28-18)16-17(20(24)29-21(4,5)6)30(25,26-8-2)27-9-3/h17H,7-16H2,1-6H3. The van der Waals surface area contributed by atoms with E-state index in [9.17, 15) is 9.36 Å². The normalized spacial score (nSPS) is 13.4. The van der Waals surface area contributed by atoms with Crippen LogP contribution >= 0.6 is 7.60 Å². The van der Waals surface area contributed by atoms with Gasteiger partial charge in [0.2, 0.25) is 11.8 Å². The van der Waals surface area contributed by atoms with Gasteiger partial charge >= 0.3 is 13.6 Å². The van der Waals surface area contributed by atoms with Crippen LogP contribution in [0.4, 0.5) is 0 Å². The molecule has 0 saturated carbocycles. The molecular formula is C21H39N2O6P. The van der Waals surface area contributed by atoms with Crippen LogP contribution in [0.15, 0.2) is 4.42 Å². The van der Waals surface area contributed by atoms with Gasteiger partial charge in [0.05, 0.1) is 19.6 Å². The summed E-state index contributed by atoms with van der Waals surface area (Å²) in [6.45, 7) is 11.1. The molecule has 9 heteroatoms. The van der Waals surface area contributed by atoms with E-state index in [1.807, 2.05) is 0 Å². The molecule has 1 rings (SSSR count). The SMILES string of the molecule is CCCCCCCCc1nnc(CC(C(=O)OC(C)(C)C)P(=O)(OCC)OCC)o1. The summed E-state index contributed by atoms with van der Waals surface area (Å²) in [7, 11) is -3.77. The van der Waals surface area contributed by atoms with E-state index in [4.69, 9.17) is 18.2 Å². The van der Waals surface area contributed by atoms with Crippen molar-refractivity contribution < 1.29 is 27.6 Å². The molecule has 0 radical (unpaired) electrons. The van der Waals surface area contributed by atoms with Gasteiger partial charge in [0.15, 0.2) is 5.66 Å². The molecule has 0 fully saturated rings. The van der Waals surface area contributed by atoms with Crippen LogP contribution in [-0.4, -0.2) is 40.6 Å². The highest BCUT2D eigenvalue weighted by molar-refractivity contribution is 7.55. The van der Waals surface area contributed by atoms with Crippen LogP contribution in [0.3, 0.4) is 0 Å². The van der Waals surface area contributed by atoms with E-state index in [0.29, 0.717) is 12.3 Å². The number of hydrogen-bond acceptors (Lipinski definition) is 8. The van der Waals surface area contributed by atoms with Gasteiger partial charge in [-0.1, -0.05) is 39.0 Å². The molecule has 0 aliphatic heterocycles. The third kappa shape index (κ3) is 9.71. The van der Waals surface area contributed by atoms with E-state index in [-0.39, 0.29) is 25.5 Å². The second-order valence-corrected chi connectivity index (χ2v) is 10.5. The van der Waals surface area contributed by atoms with E-state index in [1.54, 1.807) is 34.6 Å². The highest BCUT2D eigenvalue weighted by Crippen LogP contribution is 2.54. The van der Waals surface area contributed by atoms with Crippen molar-refractivity contribution in [3.63, 3.8) is 0 Å². The number of aromatic nitrogens is 2. The molecule has 0 aliphatic carbocycles. The molecule has 1 aromatic rings. The molecule has 0 amide bonds. The molecule has 1 heterocycles. The number of ether oxygens (including phenoxy) is 1. The maximum atomic E-state index is 13.3. The Balaban J connectivity index is 2.85. The van der Waals surface area contributed by atoms with E-state index < -0.39 is 24.8 Å². The minimum atomic E-state index is -3.77. The Labute approximate surface area is 181 Å². The Morgan fingerprint density at radius 1 is 0.967 bits per heavy atom. The highest BCUT2D eigenvalue weighted by Gasteiger charge is 2.44. The van der Waals surface area contributed by atoms with Crippen LogP contribution < -0.4 is 0 Å². The van der Waals surface area contributed by atoms with Crippen molar-refractivity contribution in [2.24, 2.45) is 0 Å². The lowest BCUT2D eigenvalue weighted by Crippen LogP contribution is -2.34. The van der Waals surface area contributed by atoms with E-state index in [1.165, 1.54) is 25.7 Å². The van der Waals surface area contributed by atoms with Crippen molar-refractivity contribution in [1.82, 2.24) is 10.2 Å². The van der Waals surface area contributed by atoms with Crippen LogP contribution in [0.2, 0.25) is 0 Å². The number of carbonyl (C=O) groups is 1. The number of hydrogen-bond donors (Lipinski definition) is 0. The van der Waals surface area contributed by atoms with Gasteiger partial charge < -0.3 is 18.2 Å². The summed E-state index contributed by atoms with van der Waals surface area (Å²) >= 11 is 0. The molecule has 0 aromatic carbocycles. The summed E-state index contributed by atoms with van der Waals surface area (Å²) in [6, 6.07) is 0. The summed E-state index contributed by atoms with van der Waals surface area (Å²) in [4.78, 5) is 12.8. The van der Waals surface area contributed by atoms with Gasteiger partial charge in [0.1, 0.15) is 5.60 Å². The zero-order chi connectivity index (χ0) is 22.6. The molecule has 8 nitrogen and oxygen atoms in total. The van der Waals surface area contributed by atoms with Crippen LogP contribution in [0.25, 0.3) is 0 Å². The van der Waals surface area contributed by atoms with Crippen molar-refractivity contribution in [2.75, 3.05) is 13.2 Å². The third-order valence-corrected chi connectivity index (χ3v) is 6.69. The number of nitrogens with zero attached hydrogens (tertiary/aromatic N) is 2. The first-order chi connectivity index (χ1) is 14.1. The Morgan fingerprint density at radius 3 is 2.10 bits per heavy atom. The molecule has 1 atom stereocenters. The lowest BCUT2D eigenvalue weighted by molar-refractivity contribution is -0.154. The Bertz CT molecular complexity index is 661. The van der Waals surface area contributed by atoms with E-state index >= 15 is 0 Å². The van der Waals surface area contributed by atoms with Crippen LogP contribution in [0, 0.1) is 0 Å². The molecule has 1 aromatic heterocycles. The van der Waals surface area contributed by atoms with Crippen molar-refractivity contribution in [3.8, 4) is 0 Å². The number of aryl methyl sites for hydroxylation is 1. The Kier molecular flexibility index (Phi) is 11.8. The molecule has 0 spiro atoms. The molecule has 0 aliphatic rings. The first-order valence-electron chi connectivity index (χ1n) is 11.1. The zero-order valence-electron chi connectivity index (χ0n) is 19.4. The maximum absolute atomic E-state index is 13.3. The molecule has 30 heavy (non-hydrogen) atoms. The average Bonchev–Trinajstić information content (AvgIpc) is 3.09. The smallest absolute Gasteiger partial charge is 0.345 e. The summed E-state index contributed by atoms with van der Waals surface area (Å²) in [5.74, 6) is 0.0842. The second kappa shape index (κ2) is 13.2. The quantitative estimate of drug-likeness (QED) is 0.198. The first-order valence-corrected chi connectivity index (χ1v) is 12.7. The second-order valence-electron chi connectivity index (χ2n) is 8.24. The lowest BCUT2D eigenvalue weighted by Gasteiger charge is -2.27. The third-order valence-electron chi connectivity index (χ3n) is 4.30. The zero-order valence-corrected chi connectivity index (χ0v) is 20.3. The minimum Gasteiger partial charge on any atom is -0.459 e. The minimum absolute atomic E-state index is 0.0598. The van der Waals surface area contributed by atoms with Gasteiger partial charge in [-0.05, 0) is 41.0 Å². The highest BCUT2D eigenvalue weighted by atomic mass is 31.2. The predicted octanol–water partition coefficient (Wildman–Crippen LogP) is 5.49. The summed E-state index contributed by atoms with van der Waals surface area (Å²) in [5.41, 5.74) is -1.91. The topological polar surface area (TPSA) is 101 Å². The molecular weight excluding hydrogens is 407 g/mol. The average molecular weight is 447 g/mol. The summed E-state index contributed by atoms with van der Waals surface area (Å²) in [5, 5.41) is 8.11. The predicted molar refractivity (Wildman–Crippen MR) is 116 cm³/mol. The number of esters is 1. The van der Waals surface area contributed by atoms with Gasteiger partial charge in [-0.2, -0.15) is 0 Å². The monoisotopic (exact) mass is 446 g/mol. The fourth-order valence-corrected chi connectivity index (χ4v) is 4.81. The van der Waals surface area contributed by atoms with Gasteiger partial charge in [-0.15, -0.1) is 10.2 Å². The van der Waals surface area contributed by atoms with Crippen LogP contribution in [0.5, 0.6) is 0 Å². The van der Waals surface area contributed by atoms with Gasteiger partial charge in [-0.3, -0.25) is 9.36 Å². The molecule has 0 bridgehead atoms. The fourth-order valence-electron chi connectivity index (χ4n) is 2.96. The Hall–Kier alpha value is -1.24. The lowest BCUT2D eigenvalue weighted by atomic mass is 10.1. The van der Waals surface area contributed by atoms with Crippen molar-refractivity contribution >= 4 is 13.6 Å².